The Bertz CT molecular complexity index is 714. The standard InChI is InChI=1S/C17H25N5O3/c1-12-18-10-13(19-12)11-22(9-8-21(2)3)17(23)14-6-7-15(24-4)20-16(14)25-5/h6-7,10H,8-9,11H2,1-5H3,(H,18,19). The van der Waals surface area contributed by atoms with E-state index in [9.17, 15) is 4.79 Å². The molecule has 0 saturated heterocycles. The zero-order valence-electron chi connectivity index (χ0n) is 15.4. The highest BCUT2D eigenvalue weighted by atomic mass is 16.5. The monoisotopic (exact) mass is 347 g/mol. The molecule has 0 aliphatic heterocycles. The molecule has 0 aromatic carbocycles. The predicted octanol–water partition coefficient (Wildman–Crippen LogP) is 1.33. The number of likely N-dealkylation sites (N-methyl/N-ethyl adjacent to an activating group) is 1. The van der Waals surface area contributed by atoms with Crippen LogP contribution in [0.1, 0.15) is 21.9 Å². The van der Waals surface area contributed by atoms with E-state index in [4.69, 9.17) is 9.47 Å². The number of pyridine rings is 1. The van der Waals surface area contributed by atoms with Gasteiger partial charge in [-0.2, -0.15) is 4.98 Å². The molecule has 0 spiro atoms. The highest BCUT2D eigenvalue weighted by Gasteiger charge is 2.22. The Morgan fingerprint density at radius 2 is 1.96 bits per heavy atom. The number of rotatable bonds is 8. The van der Waals surface area contributed by atoms with E-state index in [1.165, 1.54) is 14.2 Å². The van der Waals surface area contributed by atoms with Gasteiger partial charge in [-0.25, -0.2) is 4.98 Å². The summed E-state index contributed by atoms with van der Waals surface area (Å²) in [6, 6.07) is 3.33. The molecule has 2 heterocycles. The van der Waals surface area contributed by atoms with Crippen molar-refractivity contribution in [1.82, 2.24) is 24.8 Å². The van der Waals surface area contributed by atoms with Crippen LogP contribution in [0.15, 0.2) is 18.3 Å². The maximum Gasteiger partial charge on any atom is 0.259 e. The Labute approximate surface area is 147 Å². The van der Waals surface area contributed by atoms with E-state index in [-0.39, 0.29) is 11.8 Å². The topological polar surface area (TPSA) is 83.6 Å². The third-order valence-corrected chi connectivity index (χ3v) is 3.69. The smallest absolute Gasteiger partial charge is 0.259 e. The number of hydrogen-bond acceptors (Lipinski definition) is 6. The van der Waals surface area contributed by atoms with Gasteiger partial charge in [0.2, 0.25) is 11.8 Å². The van der Waals surface area contributed by atoms with Gasteiger partial charge >= 0.3 is 0 Å². The van der Waals surface area contributed by atoms with Gasteiger partial charge in [-0.3, -0.25) is 4.79 Å². The van der Waals surface area contributed by atoms with Gasteiger partial charge in [0.1, 0.15) is 11.4 Å². The first-order valence-corrected chi connectivity index (χ1v) is 7.98. The summed E-state index contributed by atoms with van der Waals surface area (Å²) < 4.78 is 10.4. The minimum Gasteiger partial charge on any atom is -0.481 e. The van der Waals surface area contributed by atoms with E-state index in [0.717, 1.165) is 18.1 Å². The number of ether oxygens (including phenoxy) is 2. The van der Waals surface area contributed by atoms with E-state index in [0.29, 0.717) is 24.5 Å². The lowest BCUT2D eigenvalue weighted by molar-refractivity contribution is 0.0725. The lowest BCUT2D eigenvalue weighted by Crippen LogP contribution is -2.36. The molecule has 136 valence electrons. The van der Waals surface area contributed by atoms with Crippen molar-refractivity contribution in [2.45, 2.75) is 13.5 Å². The van der Waals surface area contributed by atoms with E-state index >= 15 is 0 Å². The maximum absolute atomic E-state index is 13.1. The minimum atomic E-state index is -0.152. The van der Waals surface area contributed by atoms with Crippen molar-refractivity contribution in [2.75, 3.05) is 41.4 Å². The molecule has 0 radical (unpaired) electrons. The number of hydrogen-bond donors (Lipinski definition) is 1. The van der Waals surface area contributed by atoms with Gasteiger partial charge in [0.05, 0.1) is 32.7 Å². The number of imidazole rings is 1. The van der Waals surface area contributed by atoms with Crippen LogP contribution in [0.5, 0.6) is 11.8 Å². The van der Waals surface area contributed by atoms with Crippen LogP contribution < -0.4 is 9.47 Å². The molecule has 0 aliphatic rings. The summed E-state index contributed by atoms with van der Waals surface area (Å²) in [4.78, 5) is 28.4. The third-order valence-electron chi connectivity index (χ3n) is 3.69. The fourth-order valence-electron chi connectivity index (χ4n) is 2.36. The van der Waals surface area contributed by atoms with Gasteiger partial charge in [-0.15, -0.1) is 0 Å². The Morgan fingerprint density at radius 3 is 2.52 bits per heavy atom. The Kier molecular flexibility index (Phi) is 6.35. The minimum absolute atomic E-state index is 0.152. The molecular formula is C17H25N5O3. The maximum atomic E-state index is 13.1. The summed E-state index contributed by atoms with van der Waals surface area (Å²) in [5.74, 6) is 1.32. The molecule has 0 fully saturated rings. The molecule has 8 heteroatoms. The zero-order chi connectivity index (χ0) is 18.4. The molecule has 0 atom stereocenters. The number of amides is 1. The van der Waals surface area contributed by atoms with Gasteiger partial charge in [0.15, 0.2) is 0 Å². The summed E-state index contributed by atoms with van der Waals surface area (Å²) in [5, 5.41) is 0. The van der Waals surface area contributed by atoms with Crippen LogP contribution in [0.25, 0.3) is 0 Å². The lowest BCUT2D eigenvalue weighted by atomic mass is 10.2. The Morgan fingerprint density at radius 1 is 1.20 bits per heavy atom. The number of carbonyl (C=O) groups is 1. The van der Waals surface area contributed by atoms with Gasteiger partial charge in [0, 0.05) is 19.2 Å². The van der Waals surface area contributed by atoms with Crippen molar-refractivity contribution in [3.05, 3.63) is 35.4 Å². The Balaban J connectivity index is 2.27. The van der Waals surface area contributed by atoms with Crippen LogP contribution >= 0.6 is 0 Å². The summed E-state index contributed by atoms with van der Waals surface area (Å²) in [5.41, 5.74) is 1.28. The van der Waals surface area contributed by atoms with Crippen molar-refractivity contribution in [1.29, 1.82) is 0 Å². The van der Waals surface area contributed by atoms with Crippen LogP contribution in [0.4, 0.5) is 0 Å². The number of aromatic amines is 1. The molecule has 8 nitrogen and oxygen atoms in total. The summed E-state index contributed by atoms with van der Waals surface area (Å²) in [7, 11) is 6.95. The molecule has 0 saturated carbocycles. The van der Waals surface area contributed by atoms with Gasteiger partial charge < -0.3 is 24.3 Å². The Hall–Kier alpha value is -2.61. The van der Waals surface area contributed by atoms with Gasteiger partial charge in [0.25, 0.3) is 5.91 Å². The van der Waals surface area contributed by atoms with E-state index in [1.54, 1.807) is 23.2 Å². The van der Waals surface area contributed by atoms with Crippen molar-refractivity contribution in [3.63, 3.8) is 0 Å². The molecule has 0 bridgehead atoms. The molecule has 25 heavy (non-hydrogen) atoms. The first-order chi connectivity index (χ1) is 11.9. The highest BCUT2D eigenvalue weighted by molar-refractivity contribution is 5.96. The molecule has 1 amide bonds. The normalized spacial score (nSPS) is 10.8. The summed E-state index contributed by atoms with van der Waals surface area (Å²) in [6.07, 6.45) is 1.74. The van der Waals surface area contributed by atoms with Crippen LogP contribution in [0, 0.1) is 6.92 Å². The number of carbonyl (C=O) groups excluding carboxylic acids is 1. The average molecular weight is 347 g/mol. The van der Waals surface area contributed by atoms with E-state index in [1.807, 2.05) is 25.9 Å². The fraction of sp³-hybridized carbons (Fsp3) is 0.471. The molecular weight excluding hydrogens is 322 g/mol. The molecule has 0 unspecified atom stereocenters. The number of nitrogens with one attached hydrogen (secondary N) is 1. The molecule has 1 N–H and O–H groups in total. The third kappa shape index (κ3) is 4.93. The first kappa shape index (κ1) is 18.7. The van der Waals surface area contributed by atoms with E-state index < -0.39 is 0 Å². The number of methoxy groups -OCH3 is 2. The van der Waals surface area contributed by atoms with Crippen LogP contribution in [0.2, 0.25) is 0 Å². The quantitative estimate of drug-likeness (QED) is 0.776. The molecule has 2 aromatic heterocycles. The second-order valence-corrected chi connectivity index (χ2v) is 5.93. The number of nitrogens with zero attached hydrogens (tertiary/aromatic N) is 4. The fourth-order valence-corrected chi connectivity index (χ4v) is 2.36. The number of aromatic nitrogens is 3. The SMILES string of the molecule is COc1ccc(C(=O)N(CCN(C)C)Cc2cnc(C)[nH]2)c(OC)n1. The summed E-state index contributed by atoms with van der Waals surface area (Å²) >= 11 is 0. The van der Waals surface area contributed by atoms with Crippen molar-refractivity contribution >= 4 is 5.91 Å². The first-order valence-electron chi connectivity index (χ1n) is 7.98. The van der Waals surface area contributed by atoms with Crippen LogP contribution in [0.3, 0.4) is 0 Å². The van der Waals surface area contributed by atoms with Crippen molar-refractivity contribution in [3.8, 4) is 11.8 Å². The second-order valence-electron chi connectivity index (χ2n) is 5.93. The lowest BCUT2D eigenvalue weighted by Gasteiger charge is -2.24. The number of aryl methyl sites for hydroxylation is 1. The van der Waals surface area contributed by atoms with Crippen molar-refractivity contribution in [2.24, 2.45) is 0 Å². The van der Waals surface area contributed by atoms with Gasteiger partial charge in [-0.05, 0) is 27.1 Å². The second kappa shape index (κ2) is 8.48. The van der Waals surface area contributed by atoms with E-state index in [2.05, 4.69) is 15.0 Å². The predicted molar refractivity (Wildman–Crippen MR) is 94.0 cm³/mol. The number of H-pyrrole nitrogens is 1. The average Bonchev–Trinajstić information content (AvgIpc) is 3.02. The largest absolute Gasteiger partial charge is 0.481 e. The van der Waals surface area contributed by atoms with Crippen molar-refractivity contribution < 1.29 is 14.3 Å². The van der Waals surface area contributed by atoms with Gasteiger partial charge in [-0.1, -0.05) is 0 Å². The molecule has 0 aliphatic carbocycles. The summed E-state index contributed by atoms with van der Waals surface area (Å²) in [6.45, 7) is 3.62. The highest BCUT2D eigenvalue weighted by Crippen LogP contribution is 2.22. The zero-order valence-corrected chi connectivity index (χ0v) is 15.4. The van der Waals surface area contributed by atoms with Crippen LogP contribution in [-0.2, 0) is 6.54 Å². The molecule has 2 rings (SSSR count). The molecule has 2 aromatic rings. The van der Waals surface area contributed by atoms with Crippen LogP contribution in [-0.4, -0.2) is 72.1 Å².